The molecule has 0 saturated carbocycles. The quantitative estimate of drug-likeness (QED) is 0.531. The highest BCUT2D eigenvalue weighted by atomic mass is 32.1. The van der Waals surface area contributed by atoms with Crippen molar-refractivity contribution in [3.05, 3.63) is 40.4 Å². The number of thiazole rings is 1. The van der Waals surface area contributed by atoms with Gasteiger partial charge in [-0.25, -0.2) is 4.98 Å². The third kappa shape index (κ3) is 6.87. The molecule has 1 aromatic carbocycles. The Bertz CT molecular complexity index is 931. The van der Waals surface area contributed by atoms with Gasteiger partial charge in [-0.15, -0.1) is 11.3 Å². The van der Waals surface area contributed by atoms with E-state index >= 15 is 0 Å². The molecule has 0 bridgehead atoms. The highest BCUT2D eigenvalue weighted by Crippen LogP contribution is 2.31. The van der Waals surface area contributed by atoms with Crippen LogP contribution in [0.3, 0.4) is 0 Å². The SMILES string of the molecule is Cc1ccc(-c2nc(C)c(C(=O)N3CCC([C@H](C)C(=O)NCCCOC(C)C)CC3)s2)cc1. The van der Waals surface area contributed by atoms with Crippen LogP contribution in [0.4, 0.5) is 0 Å². The molecule has 1 aliphatic heterocycles. The first-order valence-electron chi connectivity index (χ1n) is 12.0. The summed E-state index contributed by atoms with van der Waals surface area (Å²) in [5.74, 6) is 0.410. The summed E-state index contributed by atoms with van der Waals surface area (Å²) < 4.78 is 5.52. The van der Waals surface area contributed by atoms with Crippen molar-refractivity contribution in [1.82, 2.24) is 15.2 Å². The predicted octanol–water partition coefficient (Wildman–Crippen LogP) is 4.85. The molecule has 2 amide bonds. The molecule has 0 spiro atoms. The number of piperidine rings is 1. The van der Waals surface area contributed by atoms with E-state index in [1.165, 1.54) is 16.9 Å². The van der Waals surface area contributed by atoms with Crippen LogP contribution in [-0.2, 0) is 9.53 Å². The van der Waals surface area contributed by atoms with E-state index in [2.05, 4.69) is 41.5 Å². The zero-order chi connectivity index (χ0) is 24.0. The van der Waals surface area contributed by atoms with Gasteiger partial charge < -0.3 is 15.0 Å². The summed E-state index contributed by atoms with van der Waals surface area (Å²) in [6.07, 6.45) is 2.73. The van der Waals surface area contributed by atoms with Crippen LogP contribution in [0.1, 0.15) is 61.0 Å². The summed E-state index contributed by atoms with van der Waals surface area (Å²) >= 11 is 1.47. The molecule has 1 aromatic heterocycles. The zero-order valence-corrected chi connectivity index (χ0v) is 21.3. The Labute approximate surface area is 201 Å². The summed E-state index contributed by atoms with van der Waals surface area (Å²) in [6, 6.07) is 8.23. The van der Waals surface area contributed by atoms with Gasteiger partial charge in [0.15, 0.2) is 0 Å². The molecule has 0 aliphatic carbocycles. The molecule has 2 aromatic rings. The predicted molar refractivity (Wildman–Crippen MR) is 134 cm³/mol. The van der Waals surface area contributed by atoms with Crippen LogP contribution in [0.2, 0.25) is 0 Å². The first kappa shape index (κ1) is 25.4. The minimum Gasteiger partial charge on any atom is -0.379 e. The van der Waals surface area contributed by atoms with Gasteiger partial charge in [-0.05, 0) is 52.9 Å². The molecule has 3 rings (SSSR count). The van der Waals surface area contributed by atoms with Crippen molar-refractivity contribution >= 4 is 23.2 Å². The van der Waals surface area contributed by atoms with Gasteiger partial charge in [0.2, 0.25) is 5.91 Å². The van der Waals surface area contributed by atoms with Gasteiger partial charge in [0, 0.05) is 37.7 Å². The largest absolute Gasteiger partial charge is 0.379 e. The molecule has 0 unspecified atom stereocenters. The second kappa shape index (κ2) is 11.7. The van der Waals surface area contributed by atoms with Gasteiger partial charge in [0.05, 0.1) is 11.8 Å². The van der Waals surface area contributed by atoms with E-state index in [0.29, 0.717) is 32.2 Å². The Morgan fingerprint density at radius 3 is 2.45 bits per heavy atom. The van der Waals surface area contributed by atoms with Gasteiger partial charge in [-0.1, -0.05) is 36.8 Å². The summed E-state index contributed by atoms with van der Waals surface area (Å²) in [5.41, 5.74) is 3.04. The van der Waals surface area contributed by atoms with Gasteiger partial charge >= 0.3 is 0 Å². The summed E-state index contributed by atoms with van der Waals surface area (Å²) in [6.45, 7) is 12.7. The van der Waals surface area contributed by atoms with E-state index in [4.69, 9.17) is 4.74 Å². The molecule has 2 heterocycles. The minimum absolute atomic E-state index is 0.0495. The molecular formula is C26H37N3O3S. The maximum Gasteiger partial charge on any atom is 0.265 e. The number of benzene rings is 1. The fraction of sp³-hybridized carbons (Fsp3) is 0.577. The first-order chi connectivity index (χ1) is 15.8. The normalized spacial score (nSPS) is 15.6. The lowest BCUT2D eigenvalue weighted by molar-refractivity contribution is -0.126. The topological polar surface area (TPSA) is 71.5 Å². The number of aryl methyl sites for hydroxylation is 2. The summed E-state index contributed by atoms with van der Waals surface area (Å²) in [7, 11) is 0. The van der Waals surface area contributed by atoms with Crippen LogP contribution < -0.4 is 5.32 Å². The van der Waals surface area contributed by atoms with Crippen molar-refractivity contribution in [3.63, 3.8) is 0 Å². The van der Waals surface area contributed by atoms with Crippen molar-refractivity contribution in [1.29, 1.82) is 0 Å². The number of ether oxygens (including phenoxy) is 1. The van der Waals surface area contributed by atoms with Gasteiger partial charge in [0.1, 0.15) is 9.88 Å². The summed E-state index contributed by atoms with van der Waals surface area (Å²) in [4.78, 5) is 33.0. The fourth-order valence-corrected chi connectivity index (χ4v) is 5.18. The Hall–Kier alpha value is -2.25. The van der Waals surface area contributed by atoms with Crippen molar-refractivity contribution in [2.75, 3.05) is 26.2 Å². The van der Waals surface area contributed by atoms with Gasteiger partial charge in [-0.2, -0.15) is 0 Å². The number of nitrogens with zero attached hydrogens (tertiary/aromatic N) is 2. The highest BCUT2D eigenvalue weighted by Gasteiger charge is 2.31. The van der Waals surface area contributed by atoms with Crippen LogP contribution in [0.15, 0.2) is 24.3 Å². The Kier molecular flexibility index (Phi) is 9.03. The molecule has 1 fully saturated rings. The molecule has 180 valence electrons. The van der Waals surface area contributed by atoms with Crippen LogP contribution in [0.25, 0.3) is 10.6 Å². The average Bonchev–Trinajstić information content (AvgIpc) is 3.19. The lowest BCUT2D eigenvalue weighted by atomic mass is 9.84. The molecule has 1 aliphatic rings. The third-order valence-corrected chi connectivity index (χ3v) is 7.50. The lowest BCUT2D eigenvalue weighted by Gasteiger charge is -2.34. The second-order valence-electron chi connectivity index (χ2n) is 9.28. The number of nitrogens with one attached hydrogen (secondary N) is 1. The number of aromatic nitrogens is 1. The molecule has 0 radical (unpaired) electrons. The van der Waals surface area contributed by atoms with E-state index in [-0.39, 0.29) is 23.8 Å². The first-order valence-corrected chi connectivity index (χ1v) is 12.8. The summed E-state index contributed by atoms with van der Waals surface area (Å²) in [5, 5.41) is 3.92. The molecular weight excluding hydrogens is 434 g/mol. The van der Waals surface area contributed by atoms with Crippen molar-refractivity contribution < 1.29 is 14.3 Å². The van der Waals surface area contributed by atoms with E-state index < -0.39 is 0 Å². The van der Waals surface area contributed by atoms with Crippen molar-refractivity contribution in [3.8, 4) is 10.6 Å². The molecule has 6 nitrogen and oxygen atoms in total. The maximum atomic E-state index is 13.2. The van der Waals surface area contributed by atoms with Gasteiger partial charge in [-0.3, -0.25) is 9.59 Å². The number of rotatable bonds is 9. The smallest absolute Gasteiger partial charge is 0.265 e. The Morgan fingerprint density at radius 2 is 1.82 bits per heavy atom. The average molecular weight is 472 g/mol. The number of hydrogen-bond acceptors (Lipinski definition) is 5. The fourth-order valence-electron chi connectivity index (χ4n) is 4.14. The minimum atomic E-state index is -0.0495. The number of amides is 2. The molecule has 33 heavy (non-hydrogen) atoms. The van der Waals surface area contributed by atoms with Crippen molar-refractivity contribution in [2.45, 2.75) is 60.0 Å². The molecule has 1 atom stereocenters. The van der Waals surface area contributed by atoms with E-state index in [9.17, 15) is 9.59 Å². The Morgan fingerprint density at radius 1 is 1.15 bits per heavy atom. The molecule has 1 N–H and O–H groups in total. The van der Waals surface area contributed by atoms with Crippen molar-refractivity contribution in [2.24, 2.45) is 11.8 Å². The van der Waals surface area contributed by atoms with Crippen LogP contribution in [0, 0.1) is 25.7 Å². The third-order valence-electron chi connectivity index (χ3n) is 6.31. The van der Waals surface area contributed by atoms with E-state index in [1.807, 2.05) is 32.6 Å². The maximum absolute atomic E-state index is 13.2. The standard InChI is InChI=1S/C26H37N3O3S/c1-17(2)32-16-6-13-27-24(30)19(4)21-11-14-29(15-12-21)26(31)23-20(5)28-25(33-23)22-9-7-18(3)8-10-22/h7-10,17,19,21H,6,11-16H2,1-5H3,(H,27,30)/t19-/m0/s1. The van der Waals surface area contributed by atoms with E-state index in [1.54, 1.807) is 0 Å². The second-order valence-corrected chi connectivity index (χ2v) is 10.3. The molecule has 1 saturated heterocycles. The number of hydrogen-bond donors (Lipinski definition) is 1. The number of carbonyl (C=O) groups is 2. The van der Waals surface area contributed by atoms with Crippen LogP contribution >= 0.6 is 11.3 Å². The highest BCUT2D eigenvalue weighted by molar-refractivity contribution is 7.17. The van der Waals surface area contributed by atoms with E-state index in [0.717, 1.165) is 40.4 Å². The van der Waals surface area contributed by atoms with Gasteiger partial charge in [0.25, 0.3) is 5.91 Å². The van der Waals surface area contributed by atoms with Crippen LogP contribution in [-0.4, -0.2) is 54.0 Å². The monoisotopic (exact) mass is 471 g/mol. The number of carbonyl (C=O) groups excluding carboxylic acids is 2. The number of likely N-dealkylation sites (tertiary alicyclic amines) is 1. The molecule has 7 heteroatoms. The lowest BCUT2D eigenvalue weighted by Crippen LogP contribution is -2.42. The zero-order valence-electron chi connectivity index (χ0n) is 20.5. The van der Waals surface area contributed by atoms with Crippen LogP contribution in [0.5, 0.6) is 0 Å². The Balaban J connectivity index is 1.50.